The quantitative estimate of drug-likeness (QED) is 0.813. The molecule has 2 N–H and O–H groups in total. The zero-order chi connectivity index (χ0) is 13.8. The molecule has 100 valence electrons. The second-order valence-electron chi connectivity index (χ2n) is 3.37. The molecule has 0 aliphatic carbocycles. The summed E-state index contributed by atoms with van der Waals surface area (Å²) in [5.41, 5.74) is 0. The highest BCUT2D eigenvalue weighted by atomic mass is 79.9. The zero-order valence-corrected chi connectivity index (χ0v) is 11.9. The van der Waals surface area contributed by atoms with Gasteiger partial charge in [-0.25, -0.2) is 13.1 Å². The van der Waals surface area contributed by atoms with Crippen molar-refractivity contribution in [3.05, 3.63) is 22.7 Å². The number of carboxylic acid groups (broad SMARTS) is 1. The monoisotopic (exact) mass is 337 g/mol. The maximum absolute atomic E-state index is 11.9. The van der Waals surface area contributed by atoms with Crippen LogP contribution in [0.25, 0.3) is 0 Å². The molecule has 1 rings (SSSR count). The van der Waals surface area contributed by atoms with Crippen molar-refractivity contribution < 1.29 is 23.1 Å². The maximum atomic E-state index is 11.9. The van der Waals surface area contributed by atoms with E-state index < -0.39 is 16.0 Å². The minimum Gasteiger partial charge on any atom is -0.497 e. The molecule has 1 aromatic rings. The van der Waals surface area contributed by atoms with E-state index in [1.807, 2.05) is 0 Å². The van der Waals surface area contributed by atoms with E-state index in [4.69, 9.17) is 9.84 Å². The van der Waals surface area contributed by atoms with Gasteiger partial charge in [0.1, 0.15) is 5.75 Å². The fourth-order valence-corrected chi connectivity index (χ4v) is 2.90. The fraction of sp³-hybridized carbons (Fsp3) is 0.300. The average Bonchev–Trinajstić information content (AvgIpc) is 2.27. The molecule has 0 aromatic heterocycles. The van der Waals surface area contributed by atoms with Crippen molar-refractivity contribution in [3.63, 3.8) is 0 Å². The number of carboxylic acids is 1. The van der Waals surface area contributed by atoms with Gasteiger partial charge >= 0.3 is 5.97 Å². The van der Waals surface area contributed by atoms with Crippen LogP contribution in [-0.2, 0) is 14.8 Å². The van der Waals surface area contributed by atoms with Gasteiger partial charge in [-0.1, -0.05) is 15.9 Å². The minimum atomic E-state index is -3.73. The Morgan fingerprint density at radius 1 is 1.44 bits per heavy atom. The van der Waals surface area contributed by atoms with Gasteiger partial charge in [-0.3, -0.25) is 4.79 Å². The Hall–Kier alpha value is -1.12. The minimum absolute atomic E-state index is 0.0131. The summed E-state index contributed by atoms with van der Waals surface area (Å²) in [6, 6.07) is 4.38. The number of nitrogens with one attached hydrogen (secondary N) is 1. The van der Waals surface area contributed by atoms with Crippen LogP contribution in [0.4, 0.5) is 0 Å². The molecule has 0 radical (unpaired) electrons. The first-order valence-electron chi connectivity index (χ1n) is 4.91. The molecule has 0 atom stereocenters. The second-order valence-corrected chi connectivity index (χ2v) is 6.05. The highest BCUT2D eigenvalue weighted by Gasteiger charge is 2.16. The van der Waals surface area contributed by atoms with Gasteiger partial charge in [0.15, 0.2) is 0 Å². The van der Waals surface area contributed by atoms with Crippen LogP contribution in [0, 0.1) is 0 Å². The molecule has 1 aromatic carbocycles. The molecule has 8 heteroatoms. The third-order valence-electron chi connectivity index (χ3n) is 2.02. The van der Waals surface area contributed by atoms with E-state index in [9.17, 15) is 13.2 Å². The molecule has 0 amide bonds. The van der Waals surface area contributed by atoms with E-state index in [1.165, 1.54) is 19.2 Å². The van der Waals surface area contributed by atoms with E-state index in [0.29, 0.717) is 10.2 Å². The number of halogens is 1. The maximum Gasteiger partial charge on any atom is 0.304 e. The van der Waals surface area contributed by atoms with Crippen molar-refractivity contribution in [2.75, 3.05) is 13.7 Å². The summed E-state index contributed by atoms with van der Waals surface area (Å²) in [6.45, 7) is -0.160. The lowest BCUT2D eigenvalue weighted by atomic mass is 10.3. The predicted molar refractivity (Wildman–Crippen MR) is 68.1 cm³/mol. The highest BCUT2D eigenvalue weighted by Crippen LogP contribution is 2.23. The Kier molecular flexibility index (Phi) is 5.12. The molecule has 0 spiro atoms. The molecule has 6 nitrogen and oxygen atoms in total. The van der Waals surface area contributed by atoms with Crippen LogP contribution in [0.2, 0.25) is 0 Å². The van der Waals surface area contributed by atoms with E-state index >= 15 is 0 Å². The van der Waals surface area contributed by atoms with Crippen molar-refractivity contribution in [1.82, 2.24) is 4.72 Å². The van der Waals surface area contributed by atoms with Gasteiger partial charge in [0.25, 0.3) is 0 Å². The lowest BCUT2D eigenvalue weighted by Gasteiger charge is -2.08. The molecule has 0 bridgehead atoms. The van der Waals surface area contributed by atoms with Gasteiger partial charge < -0.3 is 9.84 Å². The van der Waals surface area contributed by atoms with Gasteiger partial charge in [0, 0.05) is 17.1 Å². The van der Waals surface area contributed by atoms with Crippen LogP contribution in [0.1, 0.15) is 6.42 Å². The lowest BCUT2D eigenvalue weighted by Crippen LogP contribution is -2.26. The van der Waals surface area contributed by atoms with Gasteiger partial charge in [0.05, 0.1) is 18.4 Å². The number of ether oxygens (including phenoxy) is 1. The van der Waals surface area contributed by atoms with E-state index in [-0.39, 0.29) is 17.9 Å². The van der Waals surface area contributed by atoms with Crippen LogP contribution in [-0.4, -0.2) is 33.1 Å². The molecule has 0 saturated heterocycles. The summed E-state index contributed by atoms with van der Waals surface area (Å²) in [5.74, 6) is -0.674. The first-order chi connectivity index (χ1) is 8.35. The van der Waals surface area contributed by atoms with E-state index in [0.717, 1.165) is 0 Å². The van der Waals surface area contributed by atoms with Crippen LogP contribution < -0.4 is 9.46 Å². The third-order valence-corrected chi connectivity index (χ3v) is 3.92. The van der Waals surface area contributed by atoms with Gasteiger partial charge in [-0.2, -0.15) is 0 Å². The van der Waals surface area contributed by atoms with Crippen LogP contribution in [0.3, 0.4) is 0 Å². The summed E-state index contributed by atoms with van der Waals surface area (Å²) in [4.78, 5) is 10.3. The third kappa shape index (κ3) is 4.28. The normalized spacial score (nSPS) is 11.2. The Morgan fingerprint density at radius 3 is 2.67 bits per heavy atom. The van der Waals surface area contributed by atoms with Crippen LogP contribution in [0.5, 0.6) is 5.75 Å². The predicted octanol–water partition coefficient (Wildman–Crippen LogP) is 1.21. The van der Waals surface area contributed by atoms with E-state index in [1.54, 1.807) is 6.07 Å². The number of benzene rings is 1. The van der Waals surface area contributed by atoms with Gasteiger partial charge in [-0.15, -0.1) is 0 Å². The van der Waals surface area contributed by atoms with Crippen molar-refractivity contribution >= 4 is 31.9 Å². The van der Waals surface area contributed by atoms with Crippen LogP contribution >= 0.6 is 15.9 Å². The number of aliphatic carboxylic acids is 1. The smallest absolute Gasteiger partial charge is 0.304 e. The summed E-state index contributed by atoms with van der Waals surface area (Å²) < 4.78 is 31.4. The number of sulfonamides is 1. The molecular weight excluding hydrogens is 326 g/mol. The first-order valence-corrected chi connectivity index (χ1v) is 7.19. The summed E-state index contributed by atoms with van der Waals surface area (Å²) in [5, 5.41) is 8.44. The molecule has 0 aliphatic heterocycles. The average molecular weight is 338 g/mol. The summed E-state index contributed by atoms with van der Waals surface area (Å²) in [6.07, 6.45) is -0.273. The molecule has 0 aliphatic rings. The van der Waals surface area contributed by atoms with Crippen LogP contribution in [0.15, 0.2) is 27.6 Å². The van der Waals surface area contributed by atoms with Crippen molar-refractivity contribution in [3.8, 4) is 5.75 Å². The topological polar surface area (TPSA) is 92.7 Å². The number of carbonyl (C=O) groups is 1. The largest absolute Gasteiger partial charge is 0.497 e. The molecule has 0 saturated carbocycles. The highest BCUT2D eigenvalue weighted by molar-refractivity contribution is 9.10. The SMILES string of the molecule is COc1cc(Br)cc(S(=O)(=O)NCCC(=O)O)c1. The molecule has 18 heavy (non-hydrogen) atoms. The second kappa shape index (κ2) is 6.17. The Balaban J connectivity index is 2.90. The Morgan fingerprint density at radius 2 is 2.11 bits per heavy atom. The number of methoxy groups -OCH3 is 1. The van der Waals surface area contributed by atoms with Gasteiger partial charge in [0.2, 0.25) is 10.0 Å². The summed E-state index contributed by atoms with van der Waals surface area (Å²) >= 11 is 3.17. The molecular formula is C10H12BrNO5S. The van der Waals surface area contributed by atoms with Gasteiger partial charge in [-0.05, 0) is 12.1 Å². The number of hydrogen-bond donors (Lipinski definition) is 2. The summed E-state index contributed by atoms with van der Waals surface area (Å²) in [7, 11) is -2.31. The van der Waals surface area contributed by atoms with Crippen molar-refractivity contribution in [2.24, 2.45) is 0 Å². The standard InChI is InChI=1S/C10H12BrNO5S/c1-17-8-4-7(11)5-9(6-8)18(15,16)12-3-2-10(13)14/h4-6,12H,2-3H2,1H3,(H,13,14). The zero-order valence-electron chi connectivity index (χ0n) is 9.51. The van der Waals surface area contributed by atoms with Crippen molar-refractivity contribution in [2.45, 2.75) is 11.3 Å². The number of hydrogen-bond acceptors (Lipinski definition) is 4. The first kappa shape index (κ1) is 14.9. The Labute approximate surface area is 113 Å². The van der Waals surface area contributed by atoms with E-state index in [2.05, 4.69) is 20.7 Å². The molecule has 0 fully saturated rings. The lowest BCUT2D eigenvalue weighted by molar-refractivity contribution is -0.136. The molecule has 0 heterocycles. The Bertz CT molecular complexity index is 543. The number of rotatable bonds is 6. The molecule has 0 unspecified atom stereocenters. The van der Waals surface area contributed by atoms with Crippen molar-refractivity contribution in [1.29, 1.82) is 0 Å². The fourth-order valence-electron chi connectivity index (χ4n) is 1.19.